The summed E-state index contributed by atoms with van der Waals surface area (Å²) in [5.41, 5.74) is 1.28. The molecule has 7 nitrogen and oxygen atoms in total. The van der Waals surface area contributed by atoms with Gasteiger partial charge in [-0.3, -0.25) is 4.79 Å². The molecule has 0 unspecified atom stereocenters. The molecule has 24 heavy (non-hydrogen) atoms. The molecule has 128 valence electrons. The first kappa shape index (κ1) is 16.2. The Kier molecular flexibility index (Phi) is 4.13. The van der Waals surface area contributed by atoms with Gasteiger partial charge in [-0.2, -0.15) is 0 Å². The van der Waals surface area contributed by atoms with Crippen LogP contribution in [0.25, 0.3) is 0 Å². The maximum atomic E-state index is 13.7. The quantitative estimate of drug-likeness (QED) is 0.841. The van der Waals surface area contributed by atoms with Crippen molar-refractivity contribution in [1.82, 2.24) is 15.1 Å². The molecule has 1 saturated heterocycles. The van der Waals surface area contributed by atoms with Crippen molar-refractivity contribution in [3.63, 3.8) is 0 Å². The van der Waals surface area contributed by atoms with Crippen LogP contribution < -0.4 is 5.32 Å². The van der Waals surface area contributed by atoms with E-state index in [2.05, 4.69) is 5.32 Å². The Morgan fingerprint density at radius 1 is 1.29 bits per heavy atom. The van der Waals surface area contributed by atoms with Gasteiger partial charge in [0, 0.05) is 32.0 Å². The Bertz CT molecular complexity index is 687. The van der Waals surface area contributed by atoms with E-state index in [-0.39, 0.29) is 37.3 Å². The molecule has 0 aromatic heterocycles. The van der Waals surface area contributed by atoms with Gasteiger partial charge in [-0.15, -0.1) is 0 Å². The van der Waals surface area contributed by atoms with Crippen molar-refractivity contribution in [2.24, 2.45) is 0 Å². The van der Waals surface area contributed by atoms with Crippen LogP contribution in [0.2, 0.25) is 0 Å². The average Bonchev–Trinajstić information content (AvgIpc) is 3.12. The summed E-state index contributed by atoms with van der Waals surface area (Å²) in [4.78, 5) is 37.9. The molecule has 0 spiro atoms. The fraction of sp³-hybridized carbons (Fsp3) is 0.438. The van der Waals surface area contributed by atoms with Crippen LogP contribution >= 0.6 is 0 Å². The summed E-state index contributed by atoms with van der Waals surface area (Å²) in [5.74, 6) is -1.76. The van der Waals surface area contributed by atoms with Crippen LogP contribution in [-0.2, 0) is 22.7 Å². The van der Waals surface area contributed by atoms with Crippen molar-refractivity contribution in [2.45, 2.75) is 38.5 Å². The fourth-order valence-corrected chi connectivity index (χ4v) is 3.31. The van der Waals surface area contributed by atoms with Crippen LogP contribution in [0.1, 0.15) is 24.5 Å². The number of fused-ring (bicyclic) bond motifs is 1. The average molecular weight is 335 g/mol. The minimum Gasteiger partial charge on any atom is -0.480 e. The second-order valence-electron chi connectivity index (χ2n) is 6.14. The second-order valence-corrected chi connectivity index (χ2v) is 6.14. The van der Waals surface area contributed by atoms with Gasteiger partial charge in [-0.1, -0.05) is 12.1 Å². The highest BCUT2D eigenvalue weighted by molar-refractivity contribution is 5.83. The number of carboxylic acid groups (broad SMARTS) is 1. The Hall–Kier alpha value is -2.64. The lowest BCUT2D eigenvalue weighted by molar-refractivity contribution is -0.147. The maximum absolute atomic E-state index is 13.7. The number of benzene rings is 1. The van der Waals surface area contributed by atoms with Crippen LogP contribution in [0.15, 0.2) is 18.2 Å². The predicted octanol–water partition coefficient (Wildman–Crippen LogP) is 0.925. The van der Waals surface area contributed by atoms with E-state index >= 15 is 0 Å². The van der Waals surface area contributed by atoms with Crippen LogP contribution in [0.4, 0.5) is 9.18 Å². The number of nitrogens with one attached hydrogen (secondary N) is 1. The fourth-order valence-electron chi connectivity index (χ4n) is 3.31. The number of carboxylic acids is 1. The molecule has 0 saturated carbocycles. The zero-order valence-corrected chi connectivity index (χ0v) is 13.2. The highest BCUT2D eigenvalue weighted by Crippen LogP contribution is 2.25. The zero-order valence-electron chi connectivity index (χ0n) is 13.2. The number of carbonyl (C=O) groups excluding carboxylic acids is 2. The number of likely N-dealkylation sites (tertiary alicyclic amines) is 1. The third-order valence-electron chi connectivity index (χ3n) is 4.53. The third kappa shape index (κ3) is 2.91. The normalized spacial score (nSPS) is 22.4. The molecule has 2 heterocycles. The van der Waals surface area contributed by atoms with Crippen LogP contribution in [0, 0.1) is 5.82 Å². The van der Waals surface area contributed by atoms with E-state index in [4.69, 9.17) is 0 Å². The maximum Gasteiger partial charge on any atom is 0.326 e. The van der Waals surface area contributed by atoms with Gasteiger partial charge in [0.2, 0.25) is 5.91 Å². The molecule has 3 amide bonds. The van der Waals surface area contributed by atoms with E-state index in [0.717, 1.165) is 5.56 Å². The summed E-state index contributed by atoms with van der Waals surface area (Å²) in [7, 11) is 0. The van der Waals surface area contributed by atoms with Gasteiger partial charge in [0.15, 0.2) is 0 Å². The van der Waals surface area contributed by atoms with Crippen molar-refractivity contribution < 1.29 is 23.9 Å². The summed E-state index contributed by atoms with van der Waals surface area (Å²) in [6.45, 7) is 1.96. The van der Waals surface area contributed by atoms with E-state index in [9.17, 15) is 23.9 Å². The monoisotopic (exact) mass is 335 g/mol. The Morgan fingerprint density at radius 3 is 2.62 bits per heavy atom. The van der Waals surface area contributed by atoms with E-state index < -0.39 is 18.1 Å². The number of hydrogen-bond acceptors (Lipinski definition) is 3. The Morgan fingerprint density at radius 2 is 2.04 bits per heavy atom. The van der Waals surface area contributed by atoms with Crippen molar-refractivity contribution >= 4 is 17.9 Å². The zero-order chi connectivity index (χ0) is 17.4. The molecular formula is C16H18FN3O4. The molecule has 1 aromatic carbocycles. The molecule has 1 fully saturated rings. The van der Waals surface area contributed by atoms with Gasteiger partial charge in [0.05, 0.1) is 12.6 Å². The highest BCUT2D eigenvalue weighted by Gasteiger charge is 2.39. The number of amides is 3. The lowest BCUT2D eigenvalue weighted by atomic mass is 10.1. The number of urea groups is 1. The molecule has 0 aliphatic carbocycles. The van der Waals surface area contributed by atoms with Crippen molar-refractivity contribution in [1.29, 1.82) is 0 Å². The molecule has 0 bridgehead atoms. The van der Waals surface area contributed by atoms with Gasteiger partial charge in [0.25, 0.3) is 0 Å². The first-order valence-corrected chi connectivity index (χ1v) is 7.68. The van der Waals surface area contributed by atoms with Crippen LogP contribution in [-0.4, -0.2) is 51.4 Å². The number of nitrogens with zero attached hydrogens (tertiary/aromatic N) is 2. The topological polar surface area (TPSA) is 90.0 Å². The lowest BCUT2D eigenvalue weighted by Crippen LogP contribution is -2.44. The minimum atomic E-state index is -1.09. The molecule has 1 aromatic rings. The summed E-state index contributed by atoms with van der Waals surface area (Å²) in [6, 6.07) is 3.00. The standard InChI is InChI=1S/C16H18FN3O4/c1-9(21)20-7-11(5-14(20)15(22)23)18-16(24)19-6-10-3-2-4-13(17)12(10)8-19/h2-4,11,14H,5-8H2,1H3,(H,18,24)(H,22,23)/t11-,14+/m1/s1. The molecule has 8 heteroatoms. The highest BCUT2D eigenvalue weighted by atomic mass is 19.1. The van der Waals surface area contributed by atoms with Gasteiger partial charge in [0.1, 0.15) is 11.9 Å². The SMILES string of the molecule is CC(=O)N1C[C@H](NC(=O)N2Cc3cccc(F)c3C2)C[C@H]1C(=O)O. The van der Waals surface area contributed by atoms with Gasteiger partial charge < -0.3 is 20.2 Å². The Labute approximate surface area is 138 Å². The summed E-state index contributed by atoms with van der Waals surface area (Å²) >= 11 is 0. The van der Waals surface area contributed by atoms with Gasteiger partial charge in [-0.25, -0.2) is 14.0 Å². The molecule has 2 N–H and O–H groups in total. The minimum absolute atomic E-state index is 0.160. The number of carbonyl (C=O) groups is 3. The molecule has 2 aliphatic heterocycles. The van der Waals surface area contributed by atoms with Crippen LogP contribution in [0.3, 0.4) is 0 Å². The predicted molar refractivity (Wildman–Crippen MR) is 81.4 cm³/mol. The molecule has 2 aliphatic rings. The number of halogens is 1. The van der Waals surface area contributed by atoms with Gasteiger partial charge in [-0.05, 0) is 11.6 Å². The molecule has 3 rings (SSSR count). The summed E-state index contributed by atoms with van der Waals surface area (Å²) < 4.78 is 13.7. The van der Waals surface area contributed by atoms with E-state index in [1.165, 1.54) is 22.8 Å². The second kappa shape index (κ2) is 6.10. The third-order valence-corrected chi connectivity index (χ3v) is 4.53. The largest absolute Gasteiger partial charge is 0.480 e. The summed E-state index contributed by atoms with van der Waals surface area (Å²) in [6.07, 6.45) is 0.163. The van der Waals surface area contributed by atoms with E-state index in [1.54, 1.807) is 12.1 Å². The first-order valence-electron chi connectivity index (χ1n) is 7.68. The van der Waals surface area contributed by atoms with Crippen LogP contribution in [0.5, 0.6) is 0 Å². The number of rotatable bonds is 2. The van der Waals surface area contributed by atoms with Gasteiger partial charge >= 0.3 is 12.0 Å². The number of aliphatic carboxylic acids is 1. The Balaban J connectivity index is 1.64. The van der Waals surface area contributed by atoms with E-state index in [1.807, 2.05) is 0 Å². The number of hydrogen-bond donors (Lipinski definition) is 2. The lowest BCUT2D eigenvalue weighted by Gasteiger charge is -2.20. The smallest absolute Gasteiger partial charge is 0.326 e. The first-order chi connectivity index (χ1) is 11.4. The summed E-state index contributed by atoms with van der Waals surface area (Å²) in [5, 5.41) is 11.9. The van der Waals surface area contributed by atoms with Crippen molar-refractivity contribution in [3.8, 4) is 0 Å². The van der Waals surface area contributed by atoms with E-state index in [0.29, 0.717) is 12.1 Å². The molecular weight excluding hydrogens is 317 g/mol. The van der Waals surface area contributed by atoms with Crippen molar-refractivity contribution in [2.75, 3.05) is 6.54 Å². The molecule has 0 radical (unpaired) electrons. The molecule has 2 atom stereocenters. The van der Waals surface area contributed by atoms with Crippen molar-refractivity contribution in [3.05, 3.63) is 35.1 Å².